The molecule has 0 amide bonds. The fourth-order valence-corrected chi connectivity index (χ4v) is 2.71. The van der Waals surface area contributed by atoms with Crippen molar-refractivity contribution in [3.05, 3.63) is 35.4 Å². The molecule has 0 fully saturated rings. The zero-order valence-corrected chi connectivity index (χ0v) is 15.8. The van der Waals surface area contributed by atoms with E-state index in [0.717, 1.165) is 0 Å². The first-order valence-corrected chi connectivity index (χ1v) is 7.82. The molecule has 26 heavy (non-hydrogen) atoms. The van der Waals surface area contributed by atoms with Crippen LogP contribution in [-0.4, -0.2) is 47.8 Å². The maximum atomic E-state index is 10.9. The van der Waals surface area contributed by atoms with Gasteiger partial charge in [0.1, 0.15) is 6.10 Å². The fourth-order valence-electron chi connectivity index (χ4n) is 2.71. The summed E-state index contributed by atoms with van der Waals surface area (Å²) in [6.07, 6.45) is -0.975. The standard InChI is InChI=1S/C19H24O7/c1-21-13-7-11(8-14(22-2)18(13)25-5)17(20)12-9-15(23-3)19(26-6)16(10-12)24-4/h7-10,17,20H,1-6H3. The minimum Gasteiger partial charge on any atom is -0.493 e. The fraction of sp³-hybridized carbons (Fsp3) is 0.368. The van der Waals surface area contributed by atoms with Crippen LogP contribution in [0.5, 0.6) is 34.5 Å². The van der Waals surface area contributed by atoms with Crippen LogP contribution in [0.4, 0.5) is 0 Å². The highest BCUT2D eigenvalue weighted by Gasteiger charge is 2.22. The molecular weight excluding hydrogens is 340 g/mol. The Hall–Kier alpha value is -2.80. The van der Waals surface area contributed by atoms with Crippen LogP contribution in [0, 0.1) is 0 Å². The van der Waals surface area contributed by atoms with Crippen molar-refractivity contribution in [3.63, 3.8) is 0 Å². The predicted molar refractivity (Wildman–Crippen MR) is 96.3 cm³/mol. The molecule has 7 nitrogen and oxygen atoms in total. The predicted octanol–water partition coefficient (Wildman–Crippen LogP) is 2.82. The van der Waals surface area contributed by atoms with Crippen molar-refractivity contribution in [2.45, 2.75) is 6.10 Å². The summed E-state index contributed by atoms with van der Waals surface area (Å²) in [6, 6.07) is 6.76. The molecule has 0 aromatic heterocycles. The molecule has 1 N–H and O–H groups in total. The second-order valence-corrected chi connectivity index (χ2v) is 5.32. The van der Waals surface area contributed by atoms with Crippen molar-refractivity contribution in [3.8, 4) is 34.5 Å². The lowest BCUT2D eigenvalue weighted by atomic mass is 9.99. The van der Waals surface area contributed by atoms with Crippen LogP contribution in [0.15, 0.2) is 24.3 Å². The third kappa shape index (κ3) is 3.57. The Balaban J connectivity index is 2.57. The third-order valence-corrected chi connectivity index (χ3v) is 4.01. The topological polar surface area (TPSA) is 75.6 Å². The zero-order valence-electron chi connectivity index (χ0n) is 15.8. The van der Waals surface area contributed by atoms with Crippen LogP contribution in [0.1, 0.15) is 17.2 Å². The van der Waals surface area contributed by atoms with E-state index in [0.29, 0.717) is 45.6 Å². The van der Waals surface area contributed by atoms with Gasteiger partial charge < -0.3 is 33.5 Å². The number of aliphatic hydroxyl groups excluding tert-OH is 1. The Morgan fingerprint density at radius 2 is 0.808 bits per heavy atom. The van der Waals surface area contributed by atoms with Gasteiger partial charge in [-0.05, 0) is 35.4 Å². The number of hydrogen-bond donors (Lipinski definition) is 1. The average molecular weight is 364 g/mol. The van der Waals surface area contributed by atoms with Gasteiger partial charge in [-0.2, -0.15) is 0 Å². The maximum absolute atomic E-state index is 10.9. The Kier molecular flexibility index (Phi) is 6.41. The molecular formula is C19H24O7. The summed E-state index contributed by atoms with van der Waals surface area (Å²) in [4.78, 5) is 0. The van der Waals surface area contributed by atoms with Crippen molar-refractivity contribution >= 4 is 0 Å². The maximum Gasteiger partial charge on any atom is 0.203 e. The van der Waals surface area contributed by atoms with E-state index in [-0.39, 0.29) is 0 Å². The molecule has 0 heterocycles. The normalized spacial score (nSPS) is 10.5. The summed E-state index contributed by atoms with van der Waals surface area (Å²) in [5.74, 6) is 2.72. The van der Waals surface area contributed by atoms with E-state index in [1.807, 2.05) is 0 Å². The molecule has 0 spiro atoms. The second-order valence-electron chi connectivity index (χ2n) is 5.32. The first kappa shape index (κ1) is 19.5. The number of methoxy groups -OCH3 is 6. The molecule has 0 saturated heterocycles. The first-order valence-electron chi connectivity index (χ1n) is 7.82. The number of benzene rings is 2. The molecule has 142 valence electrons. The van der Waals surface area contributed by atoms with Crippen molar-refractivity contribution in [1.29, 1.82) is 0 Å². The van der Waals surface area contributed by atoms with Crippen LogP contribution in [0.25, 0.3) is 0 Å². The summed E-state index contributed by atoms with van der Waals surface area (Å²) in [7, 11) is 9.13. The van der Waals surface area contributed by atoms with E-state index in [2.05, 4.69) is 0 Å². The third-order valence-electron chi connectivity index (χ3n) is 4.01. The molecule has 0 atom stereocenters. The number of hydrogen-bond acceptors (Lipinski definition) is 7. The summed E-state index contributed by atoms with van der Waals surface area (Å²) in [5.41, 5.74) is 1.13. The number of ether oxygens (including phenoxy) is 6. The smallest absolute Gasteiger partial charge is 0.203 e. The lowest BCUT2D eigenvalue weighted by molar-refractivity contribution is 0.216. The summed E-state index contributed by atoms with van der Waals surface area (Å²) in [5, 5.41) is 10.9. The highest BCUT2D eigenvalue weighted by molar-refractivity contribution is 5.58. The molecule has 2 rings (SSSR count). The van der Waals surface area contributed by atoms with Crippen molar-refractivity contribution in [1.82, 2.24) is 0 Å². The van der Waals surface area contributed by atoms with Crippen LogP contribution in [0.2, 0.25) is 0 Å². The van der Waals surface area contributed by atoms with Crippen LogP contribution in [-0.2, 0) is 0 Å². The van der Waals surface area contributed by atoms with Crippen LogP contribution in [0.3, 0.4) is 0 Å². The van der Waals surface area contributed by atoms with Crippen LogP contribution >= 0.6 is 0 Å². The quantitative estimate of drug-likeness (QED) is 0.772. The monoisotopic (exact) mass is 364 g/mol. The molecule has 0 bridgehead atoms. The summed E-state index contributed by atoms with van der Waals surface area (Å²) in [6.45, 7) is 0. The van der Waals surface area contributed by atoms with E-state index in [4.69, 9.17) is 28.4 Å². The second kappa shape index (κ2) is 8.53. The van der Waals surface area contributed by atoms with Gasteiger partial charge in [-0.15, -0.1) is 0 Å². The molecule has 7 heteroatoms. The van der Waals surface area contributed by atoms with E-state index in [1.165, 1.54) is 42.7 Å². The van der Waals surface area contributed by atoms with Crippen molar-refractivity contribution in [2.75, 3.05) is 42.7 Å². The van der Waals surface area contributed by atoms with Gasteiger partial charge in [-0.1, -0.05) is 0 Å². The van der Waals surface area contributed by atoms with E-state index in [9.17, 15) is 5.11 Å². The van der Waals surface area contributed by atoms with Gasteiger partial charge in [0, 0.05) is 0 Å². The highest BCUT2D eigenvalue weighted by atomic mass is 16.5. The van der Waals surface area contributed by atoms with Gasteiger partial charge in [-0.3, -0.25) is 0 Å². The van der Waals surface area contributed by atoms with Crippen molar-refractivity contribution < 1.29 is 33.5 Å². The van der Waals surface area contributed by atoms with Crippen LogP contribution < -0.4 is 28.4 Å². The van der Waals surface area contributed by atoms with Gasteiger partial charge >= 0.3 is 0 Å². The minimum atomic E-state index is -0.975. The number of aliphatic hydroxyl groups is 1. The average Bonchev–Trinajstić information content (AvgIpc) is 2.70. The minimum absolute atomic E-state index is 0.452. The molecule has 2 aromatic rings. The Morgan fingerprint density at radius 1 is 0.538 bits per heavy atom. The Morgan fingerprint density at radius 3 is 1.00 bits per heavy atom. The first-order chi connectivity index (χ1) is 12.5. The summed E-state index contributed by atoms with van der Waals surface area (Å²) >= 11 is 0. The Bertz CT molecular complexity index is 644. The molecule has 0 saturated carbocycles. The molecule has 0 aliphatic rings. The Labute approximate surface area is 153 Å². The molecule has 0 aliphatic carbocycles. The highest BCUT2D eigenvalue weighted by Crippen LogP contribution is 2.44. The zero-order chi connectivity index (χ0) is 19.3. The molecule has 0 aliphatic heterocycles. The van der Waals surface area contributed by atoms with E-state index < -0.39 is 6.10 Å². The SMILES string of the molecule is COc1cc(C(O)c2cc(OC)c(OC)c(OC)c2)cc(OC)c1OC. The van der Waals surface area contributed by atoms with Gasteiger partial charge in [0.15, 0.2) is 23.0 Å². The van der Waals surface area contributed by atoms with Gasteiger partial charge in [-0.25, -0.2) is 0 Å². The summed E-state index contributed by atoms with van der Waals surface area (Å²) < 4.78 is 32.0. The molecule has 0 unspecified atom stereocenters. The van der Waals surface area contributed by atoms with Gasteiger partial charge in [0.2, 0.25) is 11.5 Å². The van der Waals surface area contributed by atoms with Gasteiger partial charge in [0.25, 0.3) is 0 Å². The van der Waals surface area contributed by atoms with E-state index >= 15 is 0 Å². The van der Waals surface area contributed by atoms with E-state index in [1.54, 1.807) is 24.3 Å². The largest absolute Gasteiger partial charge is 0.493 e. The molecule has 0 radical (unpaired) electrons. The lowest BCUT2D eigenvalue weighted by Crippen LogP contribution is -2.04. The lowest BCUT2D eigenvalue weighted by Gasteiger charge is -2.19. The van der Waals surface area contributed by atoms with Gasteiger partial charge in [0.05, 0.1) is 42.7 Å². The van der Waals surface area contributed by atoms with Crippen molar-refractivity contribution in [2.24, 2.45) is 0 Å². The molecule has 2 aromatic carbocycles. The number of rotatable bonds is 8.